The van der Waals surface area contributed by atoms with Crippen LogP contribution in [0, 0.1) is 0 Å². The van der Waals surface area contributed by atoms with E-state index in [0.29, 0.717) is 50.5 Å². The number of nitrogens with one attached hydrogen (secondary N) is 1. The Labute approximate surface area is 191 Å². The molecule has 8 nitrogen and oxygen atoms in total. The molecule has 0 saturated heterocycles. The summed E-state index contributed by atoms with van der Waals surface area (Å²) in [5, 5.41) is 3.99. The number of hydrogen-bond acceptors (Lipinski definition) is 6. The van der Waals surface area contributed by atoms with Gasteiger partial charge in [-0.3, -0.25) is 9.59 Å². The second-order valence-corrected chi connectivity index (χ2v) is 7.50. The lowest BCUT2D eigenvalue weighted by molar-refractivity contribution is -0.119. The van der Waals surface area contributed by atoms with Crippen molar-refractivity contribution >= 4 is 49.9 Å². The minimum atomic E-state index is -0.580. The van der Waals surface area contributed by atoms with Gasteiger partial charge in [-0.2, -0.15) is 5.10 Å². The zero-order valence-electron chi connectivity index (χ0n) is 16.4. The highest BCUT2D eigenvalue weighted by Gasteiger charge is 2.12. The van der Waals surface area contributed by atoms with Gasteiger partial charge in [-0.1, -0.05) is 0 Å². The number of carbonyl (C=O) groups is 2. The SMILES string of the molecule is CCOc1ccc(C(=O)N/N=C/c2cc(Br)c(OCC(N)=O)c(Br)c2)cc1OCC. The third-order valence-corrected chi connectivity index (χ3v) is 4.74. The van der Waals surface area contributed by atoms with Crippen LogP contribution in [0.25, 0.3) is 0 Å². The first kappa shape index (κ1) is 23.7. The Morgan fingerprint density at radius 3 is 2.27 bits per heavy atom. The first-order valence-corrected chi connectivity index (χ1v) is 10.6. The molecule has 0 heterocycles. The van der Waals surface area contributed by atoms with Crippen LogP contribution >= 0.6 is 31.9 Å². The van der Waals surface area contributed by atoms with Crippen molar-refractivity contribution in [1.29, 1.82) is 0 Å². The first-order chi connectivity index (χ1) is 14.3. The average Bonchev–Trinajstić information content (AvgIpc) is 2.68. The van der Waals surface area contributed by atoms with E-state index in [0.717, 1.165) is 0 Å². The topological polar surface area (TPSA) is 112 Å². The van der Waals surface area contributed by atoms with E-state index in [9.17, 15) is 9.59 Å². The second kappa shape index (κ2) is 11.6. The standard InChI is InChI=1S/C20H21Br2N3O5/c1-3-28-16-6-5-13(9-17(16)29-4-2)20(27)25-24-10-12-7-14(21)19(15(22)8-12)30-11-18(23)26/h5-10H,3-4,11H2,1-2H3,(H2,23,26)(H,25,27)/b24-10+. The highest BCUT2D eigenvalue weighted by molar-refractivity contribution is 9.11. The van der Waals surface area contributed by atoms with Crippen LogP contribution in [0.4, 0.5) is 0 Å². The number of hydrogen-bond donors (Lipinski definition) is 2. The molecule has 0 aliphatic carbocycles. The molecule has 160 valence electrons. The number of ether oxygens (including phenoxy) is 3. The van der Waals surface area contributed by atoms with Gasteiger partial charge in [0.15, 0.2) is 18.1 Å². The highest BCUT2D eigenvalue weighted by atomic mass is 79.9. The number of hydrazone groups is 1. The van der Waals surface area contributed by atoms with Gasteiger partial charge in [0, 0.05) is 5.56 Å². The van der Waals surface area contributed by atoms with Crippen LogP contribution in [0.5, 0.6) is 17.2 Å². The largest absolute Gasteiger partial charge is 0.490 e. The van der Waals surface area contributed by atoms with Gasteiger partial charge in [-0.05, 0) is 81.6 Å². The minimum Gasteiger partial charge on any atom is -0.490 e. The first-order valence-electron chi connectivity index (χ1n) is 8.98. The third-order valence-electron chi connectivity index (χ3n) is 3.56. The van der Waals surface area contributed by atoms with E-state index in [4.69, 9.17) is 19.9 Å². The van der Waals surface area contributed by atoms with Crippen molar-refractivity contribution < 1.29 is 23.8 Å². The fourth-order valence-corrected chi connectivity index (χ4v) is 3.81. The van der Waals surface area contributed by atoms with E-state index in [1.54, 1.807) is 30.3 Å². The molecule has 0 aliphatic heterocycles. The molecule has 0 spiro atoms. The predicted octanol–water partition coefficient (Wildman–Crippen LogP) is 3.64. The summed E-state index contributed by atoms with van der Waals surface area (Å²) in [6.07, 6.45) is 1.48. The van der Waals surface area contributed by atoms with Gasteiger partial charge in [0.25, 0.3) is 11.8 Å². The van der Waals surface area contributed by atoms with Crippen LogP contribution in [0.2, 0.25) is 0 Å². The smallest absolute Gasteiger partial charge is 0.271 e. The molecule has 2 amide bonds. The molecule has 2 aromatic rings. The molecule has 2 aromatic carbocycles. The van der Waals surface area contributed by atoms with Crippen molar-refractivity contribution in [1.82, 2.24) is 5.43 Å². The van der Waals surface area contributed by atoms with Crippen molar-refractivity contribution in [3.63, 3.8) is 0 Å². The maximum Gasteiger partial charge on any atom is 0.271 e. The molecule has 0 aromatic heterocycles. The lowest BCUT2D eigenvalue weighted by Crippen LogP contribution is -2.20. The van der Waals surface area contributed by atoms with Crippen molar-refractivity contribution in [2.24, 2.45) is 10.8 Å². The summed E-state index contributed by atoms with van der Waals surface area (Å²) in [6, 6.07) is 8.38. The lowest BCUT2D eigenvalue weighted by atomic mass is 10.2. The summed E-state index contributed by atoms with van der Waals surface area (Å²) in [5.41, 5.74) is 8.63. The van der Waals surface area contributed by atoms with Crippen molar-refractivity contribution in [2.45, 2.75) is 13.8 Å². The van der Waals surface area contributed by atoms with Crippen LogP contribution in [0.15, 0.2) is 44.4 Å². The molecule has 0 atom stereocenters. The molecule has 2 rings (SSSR count). The molecule has 30 heavy (non-hydrogen) atoms. The number of carbonyl (C=O) groups excluding carboxylic acids is 2. The Balaban J connectivity index is 2.08. The van der Waals surface area contributed by atoms with Gasteiger partial charge >= 0.3 is 0 Å². The van der Waals surface area contributed by atoms with E-state index in [1.807, 2.05) is 13.8 Å². The summed E-state index contributed by atoms with van der Waals surface area (Å²) in [4.78, 5) is 23.3. The summed E-state index contributed by atoms with van der Waals surface area (Å²) >= 11 is 6.73. The van der Waals surface area contributed by atoms with Crippen LogP contribution in [0.3, 0.4) is 0 Å². The molecule has 10 heteroatoms. The molecule has 0 saturated carbocycles. The Bertz CT molecular complexity index is 927. The second-order valence-electron chi connectivity index (χ2n) is 5.80. The molecular weight excluding hydrogens is 522 g/mol. The number of benzene rings is 2. The number of nitrogens with two attached hydrogens (primary N) is 1. The summed E-state index contributed by atoms with van der Waals surface area (Å²) in [5.74, 6) is 0.537. The summed E-state index contributed by atoms with van der Waals surface area (Å²) < 4.78 is 17.6. The highest BCUT2D eigenvalue weighted by Crippen LogP contribution is 2.34. The van der Waals surface area contributed by atoms with Gasteiger partial charge < -0.3 is 19.9 Å². The van der Waals surface area contributed by atoms with Crippen molar-refractivity contribution in [3.8, 4) is 17.2 Å². The van der Waals surface area contributed by atoms with E-state index < -0.39 is 11.8 Å². The number of halogens is 2. The Morgan fingerprint density at radius 2 is 1.67 bits per heavy atom. The average molecular weight is 543 g/mol. The quantitative estimate of drug-likeness (QED) is 0.351. The predicted molar refractivity (Wildman–Crippen MR) is 120 cm³/mol. The molecule has 0 fully saturated rings. The summed E-state index contributed by atoms with van der Waals surface area (Å²) in [7, 11) is 0. The van der Waals surface area contributed by atoms with Crippen LogP contribution in [-0.2, 0) is 4.79 Å². The molecule has 0 radical (unpaired) electrons. The Kier molecular flexibility index (Phi) is 9.13. The number of nitrogens with zero attached hydrogens (tertiary/aromatic N) is 1. The number of rotatable bonds is 10. The third kappa shape index (κ3) is 6.74. The van der Waals surface area contributed by atoms with Crippen LogP contribution in [-0.4, -0.2) is 37.8 Å². The van der Waals surface area contributed by atoms with E-state index in [2.05, 4.69) is 42.4 Å². The normalized spacial score (nSPS) is 10.7. The van der Waals surface area contributed by atoms with E-state index in [1.165, 1.54) is 6.21 Å². The molecule has 0 bridgehead atoms. The number of primary amides is 1. The van der Waals surface area contributed by atoms with Gasteiger partial charge in [0.05, 0.1) is 28.4 Å². The van der Waals surface area contributed by atoms with Crippen LogP contribution in [0.1, 0.15) is 29.8 Å². The fourth-order valence-electron chi connectivity index (χ4n) is 2.36. The Hall–Kier alpha value is -2.59. The minimum absolute atomic E-state index is 0.244. The zero-order chi connectivity index (χ0) is 22.1. The van der Waals surface area contributed by atoms with E-state index in [-0.39, 0.29) is 6.61 Å². The fraction of sp³-hybridized carbons (Fsp3) is 0.250. The van der Waals surface area contributed by atoms with E-state index >= 15 is 0 Å². The van der Waals surface area contributed by atoms with Gasteiger partial charge in [-0.25, -0.2) is 5.43 Å². The molecule has 0 unspecified atom stereocenters. The Morgan fingerprint density at radius 1 is 1.03 bits per heavy atom. The summed E-state index contributed by atoms with van der Waals surface area (Å²) in [6.45, 7) is 4.43. The van der Waals surface area contributed by atoms with Crippen molar-refractivity contribution in [2.75, 3.05) is 19.8 Å². The maximum atomic E-state index is 12.4. The number of amides is 2. The molecular formula is C20H21Br2N3O5. The zero-order valence-corrected chi connectivity index (χ0v) is 19.6. The van der Waals surface area contributed by atoms with Gasteiger partial charge in [-0.15, -0.1) is 0 Å². The van der Waals surface area contributed by atoms with Crippen molar-refractivity contribution in [3.05, 3.63) is 50.4 Å². The molecule has 3 N–H and O–H groups in total. The monoisotopic (exact) mass is 541 g/mol. The lowest BCUT2D eigenvalue weighted by Gasteiger charge is -2.11. The van der Waals surface area contributed by atoms with Crippen LogP contribution < -0.4 is 25.4 Å². The van der Waals surface area contributed by atoms with Gasteiger partial charge in [0.2, 0.25) is 0 Å². The van der Waals surface area contributed by atoms with Gasteiger partial charge in [0.1, 0.15) is 5.75 Å². The molecule has 0 aliphatic rings. The maximum absolute atomic E-state index is 12.4.